The summed E-state index contributed by atoms with van der Waals surface area (Å²) in [4.78, 5) is 17.0. The molecule has 3 nitrogen and oxygen atoms in total. The quantitative estimate of drug-likeness (QED) is 0.553. The van der Waals surface area contributed by atoms with Crippen molar-refractivity contribution < 1.29 is 9.53 Å². The molecule has 0 saturated heterocycles. The van der Waals surface area contributed by atoms with Gasteiger partial charge in [-0.1, -0.05) is 19.4 Å². The summed E-state index contributed by atoms with van der Waals surface area (Å²) in [6.45, 7) is 2.85. The summed E-state index contributed by atoms with van der Waals surface area (Å²) in [5, 5.41) is 2.07. The molecule has 1 heterocycles. The Morgan fingerprint density at radius 2 is 2.35 bits per heavy atom. The fourth-order valence-electron chi connectivity index (χ4n) is 1.53. The molecule has 0 unspecified atom stereocenters. The van der Waals surface area contributed by atoms with Gasteiger partial charge >= 0.3 is 5.97 Å². The maximum atomic E-state index is 11.2. The van der Waals surface area contributed by atoms with Crippen LogP contribution < -0.4 is 0 Å². The SMILES string of the molecule is CCCC(CC(=O)OC)=NCCc1cccs1. The zero-order chi connectivity index (χ0) is 12.5. The van der Waals surface area contributed by atoms with Crippen molar-refractivity contribution >= 4 is 23.0 Å². The molecule has 1 rings (SSSR count). The van der Waals surface area contributed by atoms with Crippen LogP contribution in [0.5, 0.6) is 0 Å². The van der Waals surface area contributed by atoms with Crippen LogP contribution in [0.15, 0.2) is 22.5 Å². The lowest BCUT2D eigenvalue weighted by molar-refractivity contribution is -0.139. The number of hydrogen-bond acceptors (Lipinski definition) is 4. The van der Waals surface area contributed by atoms with Crippen molar-refractivity contribution in [3.05, 3.63) is 22.4 Å². The number of esters is 1. The second-order valence-electron chi connectivity index (χ2n) is 3.78. The van der Waals surface area contributed by atoms with Crippen molar-refractivity contribution in [3.8, 4) is 0 Å². The molecular formula is C13H19NO2S. The second kappa shape index (κ2) is 8.01. The minimum absolute atomic E-state index is 0.201. The number of nitrogens with zero attached hydrogens (tertiary/aromatic N) is 1. The number of hydrogen-bond donors (Lipinski definition) is 0. The monoisotopic (exact) mass is 253 g/mol. The van der Waals surface area contributed by atoms with E-state index in [1.54, 1.807) is 11.3 Å². The van der Waals surface area contributed by atoms with Crippen molar-refractivity contribution in [2.45, 2.75) is 32.6 Å². The third kappa shape index (κ3) is 5.63. The van der Waals surface area contributed by atoms with Crippen LogP contribution >= 0.6 is 11.3 Å². The lowest BCUT2D eigenvalue weighted by Crippen LogP contribution is -2.10. The van der Waals surface area contributed by atoms with E-state index < -0.39 is 0 Å². The fraction of sp³-hybridized carbons (Fsp3) is 0.538. The molecule has 0 radical (unpaired) electrons. The second-order valence-corrected chi connectivity index (χ2v) is 4.81. The van der Waals surface area contributed by atoms with Crippen LogP contribution in [-0.2, 0) is 16.0 Å². The number of methoxy groups -OCH3 is 1. The number of carbonyl (C=O) groups excluding carboxylic acids is 1. The molecule has 0 bridgehead atoms. The molecule has 0 saturated carbocycles. The Hall–Kier alpha value is -1.16. The molecular weight excluding hydrogens is 234 g/mol. The maximum absolute atomic E-state index is 11.2. The highest BCUT2D eigenvalue weighted by atomic mass is 32.1. The summed E-state index contributed by atoms with van der Waals surface area (Å²) < 4.78 is 4.66. The first-order valence-corrected chi connectivity index (χ1v) is 6.75. The normalized spacial score (nSPS) is 11.5. The molecule has 1 aromatic rings. The molecule has 94 valence electrons. The van der Waals surface area contributed by atoms with Gasteiger partial charge in [-0.05, 0) is 17.9 Å². The lowest BCUT2D eigenvalue weighted by atomic mass is 10.1. The van der Waals surface area contributed by atoms with Gasteiger partial charge < -0.3 is 4.74 Å². The van der Waals surface area contributed by atoms with E-state index in [1.165, 1.54) is 12.0 Å². The van der Waals surface area contributed by atoms with Gasteiger partial charge in [0.05, 0.1) is 13.5 Å². The number of rotatable bonds is 7. The first-order valence-electron chi connectivity index (χ1n) is 5.87. The number of carbonyl (C=O) groups is 1. The predicted molar refractivity (Wildman–Crippen MR) is 71.9 cm³/mol. The fourth-order valence-corrected chi connectivity index (χ4v) is 2.23. The average Bonchev–Trinajstić information content (AvgIpc) is 2.82. The van der Waals surface area contributed by atoms with Crippen molar-refractivity contribution in [2.24, 2.45) is 4.99 Å². The first kappa shape index (κ1) is 13.9. The molecule has 1 aromatic heterocycles. The Bertz CT molecular complexity index is 358. The molecule has 0 aliphatic rings. The van der Waals surface area contributed by atoms with Gasteiger partial charge in [0, 0.05) is 23.6 Å². The van der Waals surface area contributed by atoms with E-state index in [9.17, 15) is 4.79 Å². The average molecular weight is 253 g/mol. The van der Waals surface area contributed by atoms with Gasteiger partial charge in [0.15, 0.2) is 0 Å². The zero-order valence-electron chi connectivity index (χ0n) is 10.4. The number of thiophene rings is 1. The molecule has 0 amide bonds. The van der Waals surface area contributed by atoms with Crippen LogP contribution in [0.2, 0.25) is 0 Å². The van der Waals surface area contributed by atoms with Crippen LogP contribution in [0.4, 0.5) is 0 Å². The van der Waals surface area contributed by atoms with Crippen molar-refractivity contribution in [3.63, 3.8) is 0 Å². The maximum Gasteiger partial charge on any atom is 0.311 e. The van der Waals surface area contributed by atoms with Crippen LogP contribution in [-0.4, -0.2) is 25.3 Å². The summed E-state index contributed by atoms with van der Waals surface area (Å²) in [6.07, 6.45) is 3.16. The Labute approximate surface area is 107 Å². The molecule has 0 aliphatic carbocycles. The highest BCUT2D eigenvalue weighted by molar-refractivity contribution is 7.09. The largest absolute Gasteiger partial charge is 0.469 e. The van der Waals surface area contributed by atoms with E-state index >= 15 is 0 Å². The van der Waals surface area contributed by atoms with Crippen LogP contribution in [0, 0.1) is 0 Å². The Kier molecular flexibility index (Phi) is 6.55. The van der Waals surface area contributed by atoms with Crippen LogP contribution in [0.3, 0.4) is 0 Å². The molecule has 0 atom stereocenters. The van der Waals surface area contributed by atoms with Gasteiger partial charge in [-0.25, -0.2) is 0 Å². The summed E-state index contributed by atoms with van der Waals surface area (Å²) in [5.74, 6) is -0.201. The molecule has 0 aromatic carbocycles. The third-order valence-corrected chi connectivity index (χ3v) is 3.32. The highest BCUT2D eigenvalue weighted by Gasteiger charge is 2.06. The van der Waals surface area contributed by atoms with E-state index in [2.05, 4.69) is 28.1 Å². The van der Waals surface area contributed by atoms with Gasteiger partial charge in [-0.2, -0.15) is 0 Å². The van der Waals surface area contributed by atoms with E-state index in [1.807, 2.05) is 6.07 Å². The van der Waals surface area contributed by atoms with Gasteiger partial charge in [0.1, 0.15) is 0 Å². The van der Waals surface area contributed by atoms with Crippen molar-refractivity contribution in [1.82, 2.24) is 0 Å². The number of ether oxygens (including phenoxy) is 1. The number of aliphatic imine (C=N–C) groups is 1. The summed E-state index contributed by atoms with van der Waals surface area (Å²) >= 11 is 1.75. The van der Waals surface area contributed by atoms with Crippen LogP contribution in [0.1, 0.15) is 31.1 Å². The molecule has 0 N–H and O–H groups in total. The van der Waals surface area contributed by atoms with E-state index in [-0.39, 0.29) is 5.97 Å². The third-order valence-electron chi connectivity index (χ3n) is 2.39. The minimum atomic E-state index is -0.201. The summed E-state index contributed by atoms with van der Waals surface area (Å²) in [7, 11) is 1.41. The van der Waals surface area contributed by atoms with E-state index in [4.69, 9.17) is 0 Å². The minimum Gasteiger partial charge on any atom is -0.469 e. The molecule has 4 heteroatoms. The molecule has 0 fully saturated rings. The molecule has 0 aliphatic heterocycles. The predicted octanol–water partition coefficient (Wildman–Crippen LogP) is 3.09. The van der Waals surface area contributed by atoms with Gasteiger partial charge in [0.25, 0.3) is 0 Å². The van der Waals surface area contributed by atoms with Crippen molar-refractivity contribution in [2.75, 3.05) is 13.7 Å². The zero-order valence-corrected chi connectivity index (χ0v) is 11.3. The Morgan fingerprint density at radius 1 is 1.53 bits per heavy atom. The van der Waals surface area contributed by atoms with E-state index in [0.717, 1.165) is 31.5 Å². The van der Waals surface area contributed by atoms with Crippen LogP contribution in [0.25, 0.3) is 0 Å². The topological polar surface area (TPSA) is 38.7 Å². The Balaban J connectivity index is 2.42. The standard InChI is InChI=1S/C13H19NO2S/c1-3-5-11(10-13(15)16-2)14-8-7-12-6-4-9-17-12/h4,6,9H,3,5,7-8,10H2,1-2H3. The highest BCUT2D eigenvalue weighted by Crippen LogP contribution is 2.09. The molecule has 17 heavy (non-hydrogen) atoms. The van der Waals surface area contributed by atoms with Crippen molar-refractivity contribution in [1.29, 1.82) is 0 Å². The smallest absolute Gasteiger partial charge is 0.311 e. The molecule has 0 spiro atoms. The summed E-state index contributed by atoms with van der Waals surface area (Å²) in [6, 6.07) is 4.16. The van der Waals surface area contributed by atoms with E-state index in [0.29, 0.717) is 6.42 Å². The Morgan fingerprint density at radius 3 is 2.94 bits per heavy atom. The summed E-state index contributed by atoms with van der Waals surface area (Å²) in [5.41, 5.74) is 0.955. The lowest BCUT2D eigenvalue weighted by Gasteiger charge is -2.04. The first-order chi connectivity index (χ1) is 8.26. The van der Waals surface area contributed by atoms with Gasteiger partial charge in [-0.15, -0.1) is 11.3 Å². The van der Waals surface area contributed by atoms with Gasteiger partial charge in [-0.3, -0.25) is 9.79 Å². The van der Waals surface area contributed by atoms with Gasteiger partial charge in [0.2, 0.25) is 0 Å².